The van der Waals surface area contributed by atoms with E-state index in [-0.39, 0.29) is 18.5 Å². The molecule has 0 aliphatic rings. The normalized spacial score (nSPS) is 12.7. The number of amides is 1. The minimum Gasteiger partial charge on any atom is -0.466 e. The molecule has 0 rings (SSSR count). The Bertz CT molecular complexity index is 1360. The smallest absolute Gasteiger partial charge is 0.305 e. The number of ether oxygens (including phenoxy) is 1. The van der Waals surface area contributed by atoms with Gasteiger partial charge in [-0.05, 0) is 64.2 Å². The minimum absolute atomic E-state index is 0.0168. The summed E-state index contributed by atoms with van der Waals surface area (Å²) in [6.45, 7) is 4.95. The van der Waals surface area contributed by atoms with E-state index in [1.165, 1.54) is 353 Å². The number of aliphatic hydroxyl groups excluding tert-OH is 2. The van der Waals surface area contributed by atoms with Crippen molar-refractivity contribution >= 4 is 11.9 Å². The molecule has 6 heteroatoms. The number of esters is 1. The van der Waals surface area contributed by atoms with Gasteiger partial charge in [-0.1, -0.05) is 384 Å². The van der Waals surface area contributed by atoms with Crippen LogP contribution in [0.1, 0.15) is 425 Å². The largest absolute Gasteiger partial charge is 0.466 e. The van der Waals surface area contributed by atoms with Gasteiger partial charge in [0, 0.05) is 12.8 Å². The second-order valence-corrected chi connectivity index (χ2v) is 26.3. The lowest BCUT2D eigenvalue weighted by Gasteiger charge is -2.20. The lowest BCUT2D eigenvalue weighted by molar-refractivity contribution is -0.143. The van der Waals surface area contributed by atoms with E-state index < -0.39 is 12.1 Å². The summed E-state index contributed by atoms with van der Waals surface area (Å²) in [5, 5.41) is 23.3. The lowest BCUT2D eigenvalue weighted by atomic mass is 10.0. The lowest BCUT2D eigenvalue weighted by Crippen LogP contribution is -2.45. The highest BCUT2D eigenvalue weighted by Crippen LogP contribution is 2.19. The number of hydrogen-bond donors (Lipinski definition) is 3. The standard InChI is InChI=1S/C78H149NO5/c1-3-5-7-9-11-13-15-17-19-20-21-37-40-43-46-50-54-58-62-66-70-76(81)75(74-80)79-77(82)71-67-63-59-55-51-47-44-41-38-35-33-31-29-27-25-23-22-24-26-28-30-32-34-36-39-42-45-49-53-57-61-65-69-73-84-78(83)72-68-64-60-56-52-48-18-16-14-12-10-8-6-4-2/h26,28,32,34,66,70,75-76,80-81H,3-25,27,29-31,33,35-65,67-69,71-74H2,1-2H3,(H,79,82)/b28-26-,34-32-,70-66+. The van der Waals surface area contributed by atoms with Crippen molar-refractivity contribution in [1.82, 2.24) is 5.32 Å². The van der Waals surface area contributed by atoms with Crippen molar-refractivity contribution in [1.29, 1.82) is 0 Å². The summed E-state index contributed by atoms with van der Waals surface area (Å²) in [5.74, 6) is -0.0452. The van der Waals surface area contributed by atoms with Crippen molar-refractivity contribution in [3.8, 4) is 0 Å². The Morgan fingerprint density at radius 1 is 0.333 bits per heavy atom. The third kappa shape index (κ3) is 69.2. The second-order valence-electron chi connectivity index (χ2n) is 26.3. The Kier molecular flexibility index (Phi) is 71.9. The minimum atomic E-state index is -0.844. The van der Waals surface area contributed by atoms with E-state index in [2.05, 4.69) is 43.5 Å². The summed E-state index contributed by atoms with van der Waals surface area (Å²) in [4.78, 5) is 24.6. The van der Waals surface area contributed by atoms with Crippen LogP contribution in [0.3, 0.4) is 0 Å². The SMILES string of the molecule is CCCCCCCCCCCCCCCCCCCC/C=C/C(O)C(CO)NC(=O)CCCCCCCCCCCCCCCCCCC/C=C\C/C=C\CCCCCCCCCCCOC(=O)CCCCCCCCCCCCCCCC. The molecule has 0 saturated carbocycles. The molecule has 0 aromatic heterocycles. The van der Waals surface area contributed by atoms with Gasteiger partial charge in [0.15, 0.2) is 0 Å². The molecule has 3 N–H and O–H groups in total. The Morgan fingerprint density at radius 2 is 0.595 bits per heavy atom. The molecule has 0 bridgehead atoms. The van der Waals surface area contributed by atoms with Crippen molar-refractivity contribution < 1.29 is 24.5 Å². The fraction of sp³-hybridized carbons (Fsp3) is 0.897. The highest BCUT2D eigenvalue weighted by molar-refractivity contribution is 5.76. The summed E-state index contributed by atoms with van der Waals surface area (Å²) in [6.07, 6.45) is 95.4. The number of rotatable bonds is 72. The maximum atomic E-state index is 12.5. The van der Waals surface area contributed by atoms with Crippen LogP contribution in [0.2, 0.25) is 0 Å². The van der Waals surface area contributed by atoms with Crippen LogP contribution in [-0.2, 0) is 14.3 Å². The molecule has 6 nitrogen and oxygen atoms in total. The van der Waals surface area contributed by atoms with Crippen LogP contribution in [-0.4, -0.2) is 47.4 Å². The second kappa shape index (κ2) is 73.5. The van der Waals surface area contributed by atoms with Crippen LogP contribution in [0.5, 0.6) is 0 Å². The van der Waals surface area contributed by atoms with Crippen molar-refractivity contribution in [3.63, 3.8) is 0 Å². The van der Waals surface area contributed by atoms with Gasteiger partial charge in [0.05, 0.1) is 25.4 Å². The molecule has 0 aromatic carbocycles. The van der Waals surface area contributed by atoms with Gasteiger partial charge in [-0.25, -0.2) is 0 Å². The monoisotopic (exact) mass is 1180 g/mol. The number of allylic oxidation sites excluding steroid dienone is 5. The first-order chi connectivity index (χ1) is 41.5. The maximum Gasteiger partial charge on any atom is 0.305 e. The quantitative estimate of drug-likeness (QED) is 0.0320. The third-order valence-electron chi connectivity index (χ3n) is 17.9. The first-order valence-corrected chi connectivity index (χ1v) is 38.3. The van der Waals surface area contributed by atoms with Gasteiger partial charge in [0.25, 0.3) is 0 Å². The Balaban J connectivity index is 3.40. The van der Waals surface area contributed by atoms with Gasteiger partial charge < -0.3 is 20.3 Å². The number of aliphatic hydroxyl groups is 2. The molecule has 0 aliphatic heterocycles. The van der Waals surface area contributed by atoms with Gasteiger partial charge in [-0.2, -0.15) is 0 Å². The van der Waals surface area contributed by atoms with Crippen molar-refractivity contribution in [2.24, 2.45) is 0 Å². The maximum absolute atomic E-state index is 12.5. The average Bonchev–Trinajstić information content (AvgIpc) is 3.51. The molecule has 1 amide bonds. The highest BCUT2D eigenvalue weighted by Gasteiger charge is 2.18. The summed E-state index contributed by atoms with van der Waals surface area (Å²) in [5.41, 5.74) is 0. The van der Waals surface area contributed by atoms with E-state index in [9.17, 15) is 19.8 Å². The van der Waals surface area contributed by atoms with E-state index in [0.717, 1.165) is 44.9 Å². The highest BCUT2D eigenvalue weighted by atomic mass is 16.5. The topological polar surface area (TPSA) is 95.9 Å². The van der Waals surface area contributed by atoms with Gasteiger partial charge in [-0.15, -0.1) is 0 Å². The number of carbonyl (C=O) groups is 2. The van der Waals surface area contributed by atoms with E-state index in [0.29, 0.717) is 19.4 Å². The van der Waals surface area contributed by atoms with Crippen LogP contribution in [0.4, 0.5) is 0 Å². The fourth-order valence-corrected chi connectivity index (χ4v) is 12.1. The van der Waals surface area contributed by atoms with Crippen molar-refractivity contribution in [2.45, 2.75) is 437 Å². The van der Waals surface area contributed by atoms with Crippen LogP contribution in [0.25, 0.3) is 0 Å². The van der Waals surface area contributed by atoms with Crippen LogP contribution >= 0.6 is 0 Å². The van der Waals surface area contributed by atoms with Crippen LogP contribution in [0.15, 0.2) is 36.5 Å². The summed E-state index contributed by atoms with van der Waals surface area (Å²) < 4.78 is 5.49. The zero-order valence-corrected chi connectivity index (χ0v) is 56.9. The first kappa shape index (κ1) is 82.1. The summed E-state index contributed by atoms with van der Waals surface area (Å²) >= 11 is 0. The third-order valence-corrected chi connectivity index (χ3v) is 17.9. The predicted octanol–water partition coefficient (Wildman–Crippen LogP) is 25.0. The molecule has 84 heavy (non-hydrogen) atoms. The van der Waals surface area contributed by atoms with Gasteiger partial charge in [-0.3, -0.25) is 9.59 Å². The average molecular weight is 1180 g/mol. The molecular weight excluding hydrogens is 1030 g/mol. The number of unbranched alkanes of at least 4 members (excludes halogenated alkanes) is 57. The fourth-order valence-electron chi connectivity index (χ4n) is 12.1. The Labute approximate surface area is 525 Å². The Morgan fingerprint density at radius 3 is 0.905 bits per heavy atom. The molecule has 0 aliphatic carbocycles. The molecule has 496 valence electrons. The van der Waals surface area contributed by atoms with E-state index in [1.54, 1.807) is 6.08 Å². The van der Waals surface area contributed by atoms with Crippen molar-refractivity contribution in [3.05, 3.63) is 36.5 Å². The molecule has 2 atom stereocenters. The van der Waals surface area contributed by atoms with E-state index in [1.807, 2.05) is 6.08 Å². The van der Waals surface area contributed by atoms with Gasteiger partial charge in [0.1, 0.15) is 0 Å². The van der Waals surface area contributed by atoms with Crippen LogP contribution in [0, 0.1) is 0 Å². The van der Waals surface area contributed by atoms with Crippen LogP contribution < -0.4 is 5.32 Å². The molecule has 0 saturated heterocycles. The molecular formula is C78H149NO5. The number of carbonyl (C=O) groups excluding carboxylic acids is 2. The number of nitrogens with one attached hydrogen (secondary N) is 1. The molecule has 0 radical (unpaired) electrons. The van der Waals surface area contributed by atoms with E-state index in [4.69, 9.17) is 4.74 Å². The zero-order valence-electron chi connectivity index (χ0n) is 56.9. The van der Waals surface area contributed by atoms with Crippen molar-refractivity contribution in [2.75, 3.05) is 13.2 Å². The molecule has 0 heterocycles. The zero-order chi connectivity index (χ0) is 60.6. The Hall–Kier alpha value is -1.92. The van der Waals surface area contributed by atoms with Gasteiger partial charge >= 0.3 is 5.97 Å². The van der Waals surface area contributed by atoms with E-state index >= 15 is 0 Å². The first-order valence-electron chi connectivity index (χ1n) is 38.3. The molecule has 0 spiro atoms. The predicted molar refractivity (Wildman–Crippen MR) is 370 cm³/mol. The molecule has 0 fully saturated rings. The molecule has 2 unspecified atom stereocenters. The van der Waals surface area contributed by atoms with Gasteiger partial charge in [0.2, 0.25) is 5.91 Å². The molecule has 0 aromatic rings. The summed E-state index contributed by atoms with van der Waals surface area (Å²) in [6, 6.07) is -0.627. The number of hydrogen-bond acceptors (Lipinski definition) is 5. The summed E-state index contributed by atoms with van der Waals surface area (Å²) in [7, 11) is 0.